The lowest BCUT2D eigenvalue weighted by Crippen LogP contribution is -1.89. The lowest BCUT2D eigenvalue weighted by atomic mass is 10.0. The highest BCUT2D eigenvalue weighted by Gasteiger charge is 2.07. The molecule has 0 atom stereocenters. The summed E-state index contributed by atoms with van der Waals surface area (Å²) in [7, 11) is 0. The highest BCUT2D eigenvalue weighted by atomic mass is 16.4. The Kier molecular flexibility index (Phi) is 8.33. The molecular weight excluding hydrogens is 356 g/mol. The Hall–Kier alpha value is -4.07. The van der Waals surface area contributed by atoms with Gasteiger partial charge in [-0.2, -0.15) is 0 Å². The van der Waals surface area contributed by atoms with Crippen LogP contribution in [0.3, 0.4) is 0 Å². The first-order chi connectivity index (χ1) is 13.7. The van der Waals surface area contributed by atoms with E-state index in [4.69, 9.17) is 9.90 Å². The quantitative estimate of drug-likeness (QED) is 0.569. The van der Waals surface area contributed by atoms with Gasteiger partial charge in [0.15, 0.2) is 0 Å². The van der Waals surface area contributed by atoms with Gasteiger partial charge in [0.05, 0.1) is 18.1 Å². The zero-order valence-corrected chi connectivity index (χ0v) is 15.1. The molecule has 4 rings (SSSR count). The second-order valence-corrected chi connectivity index (χ2v) is 5.21. The van der Waals surface area contributed by atoms with Gasteiger partial charge < -0.3 is 5.11 Å². The van der Waals surface area contributed by atoms with Crippen molar-refractivity contribution >= 4 is 5.97 Å². The van der Waals surface area contributed by atoms with E-state index in [-0.39, 0.29) is 0 Å². The Labute approximate surface area is 162 Å². The molecule has 0 amide bonds. The lowest BCUT2D eigenvalue weighted by molar-refractivity contribution is -0.134. The molecule has 0 fully saturated rings. The third-order valence-corrected chi connectivity index (χ3v) is 3.12. The van der Waals surface area contributed by atoms with E-state index in [9.17, 15) is 0 Å². The number of nitrogens with zero attached hydrogens (tertiary/aromatic N) is 6. The third-order valence-electron chi connectivity index (χ3n) is 3.12. The number of pyridine rings is 3. The molecule has 0 unspecified atom stereocenters. The van der Waals surface area contributed by atoms with Crippen LogP contribution in [-0.2, 0) is 4.79 Å². The van der Waals surface area contributed by atoms with Gasteiger partial charge >= 0.3 is 0 Å². The number of carboxylic acid groups (broad SMARTS) is 1. The van der Waals surface area contributed by atoms with Gasteiger partial charge in [0, 0.05) is 54.6 Å². The topological polar surface area (TPSA) is 115 Å². The predicted molar refractivity (Wildman–Crippen MR) is 104 cm³/mol. The minimum Gasteiger partial charge on any atom is -0.481 e. The second-order valence-electron chi connectivity index (χ2n) is 5.21. The molecule has 4 heterocycles. The summed E-state index contributed by atoms with van der Waals surface area (Å²) in [5.74, 6) is -0.833. The standard InChI is InChI=1S/C15H11N3.C3H3N3.C2H4O2/c1-4-12(10-16-7-1)14-6-3-9-18-15(14)13-5-2-8-17-11-13;1-2-4-6-5-3-1;1-2(3)4/h1-11H;1-3H;1H3,(H,3,4). The maximum absolute atomic E-state index is 9.00. The molecule has 140 valence electrons. The van der Waals surface area contributed by atoms with Gasteiger partial charge in [-0.1, -0.05) is 12.1 Å². The minimum absolute atomic E-state index is 0.833. The van der Waals surface area contributed by atoms with E-state index in [1.807, 2.05) is 48.8 Å². The van der Waals surface area contributed by atoms with E-state index in [1.165, 1.54) is 0 Å². The van der Waals surface area contributed by atoms with Gasteiger partial charge in [0.25, 0.3) is 5.97 Å². The summed E-state index contributed by atoms with van der Waals surface area (Å²) in [6.07, 6.45) is 12.1. The zero-order valence-electron chi connectivity index (χ0n) is 15.1. The number of aromatic nitrogens is 6. The van der Waals surface area contributed by atoms with E-state index < -0.39 is 5.97 Å². The number of hydrogen-bond donors (Lipinski definition) is 1. The van der Waals surface area contributed by atoms with Crippen molar-refractivity contribution in [3.63, 3.8) is 0 Å². The highest BCUT2D eigenvalue weighted by Crippen LogP contribution is 2.28. The van der Waals surface area contributed by atoms with Crippen molar-refractivity contribution in [1.29, 1.82) is 0 Å². The predicted octanol–water partition coefficient (Wildman–Crippen LogP) is 3.17. The molecule has 8 nitrogen and oxygen atoms in total. The molecule has 0 bridgehead atoms. The van der Waals surface area contributed by atoms with E-state index in [2.05, 4.69) is 30.4 Å². The van der Waals surface area contributed by atoms with Crippen LogP contribution in [0.2, 0.25) is 0 Å². The van der Waals surface area contributed by atoms with Gasteiger partial charge in [-0.25, -0.2) is 0 Å². The van der Waals surface area contributed by atoms with Crippen LogP contribution in [0.1, 0.15) is 6.92 Å². The van der Waals surface area contributed by atoms with Crippen molar-refractivity contribution < 1.29 is 9.90 Å². The van der Waals surface area contributed by atoms with E-state index >= 15 is 0 Å². The summed E-state index contributed by atoms with van der Waals surface area (Å²) in [6.45, 7) is 1.08. The molecule has 0 spiro atoms. The van der Waals surface area contributed by atoms with E-state index in [0.717, 1.165) is 29.3 Å². The molecule has 4 aromatic heterocycles. The number of carbonyl (C=O) groups is 1. The summed E-state index contributed by atoms with van der Waals surface area (Å²) in [4.78, 5) is 21.8. The molecule has 4 aromatic rings. The van der Waals surface area contributed by atoms with Crippen molar-refractivity contribution in [3.05, 3.63) is 85.8 Å². The van der Waals surface area contributed by atoms with Crippen LogP contribution in [0, 0.1) is 0 Å². The largest absolute Gasteiger partial charge is 0.481 e. The smallest absolute Gasteiger partial charge is 0.300 e. The fourth-order valence-corrected chi connectivity index (χ4v) is 2.10. The molecule has 0 saturated carbocycles. The van der Waals surface area contributed by atoms with Crippen LogP contribution in [0.25, 0.3) is 22.4 Å². The first-order valence-corrected chi connectivity index (χ1v) is 8.22. The maximum atomic E-state index is 9.00. The molecular formula is C20H18N6O2. The van der Waals surface area contributed by atoms with Crippen LogP contribution in [0.15, 0.2) is 85.8 Å². The van der Waals surface area contributed by atoms with Crippen LogP contribution < -0.4 is 0 Å². The van der Waals surface area contributed by atoms with Crippen molar-refractivity contribution in [2.24, 2.45) is 0 Å². The molecule has 0 aliphatic rings. The molecule has 0 radical (unpaired) electrons. The van der Waals surface area contributed by atoms with Gasteiger partial charge in [-0.15, -0.1) is 10.2 Å². The van der Waals surface area contributed by atoms with Crippen molar-refractivity contribution in [2.45, 2.75) is 6.92 Å². The average molecular weight is 374 g/mol. The van der Waals surface area contributed by atoms with Crippen molar-refractivity contribution in [2.75, 3.05) is 0 Å². The number of rotatable bonds is 2. The summed E-state index contributed by atoms with van der Waals surface area (Å²) >= 11 is 0. The molecule has 1 N–H and O–H groups in total. The Morgan fingerprint density at radius 2 is 1.36 bits per heavy atom. The fraction of sp³-hybridized carbons (Fsp3) is 0.0500. The van der Waals surface area contributed by atoms with Gasteiger partial charge in [-0.3, -0.25) is 19.7 Å². The number of hydrogen-bond acceptors (Lipinski definition) is 7. The zero-order chi connectivity index (χ0) is 20.0. The van der Waals surface area contributed by atoms with E-state index in [1.54, 1.807) is 37.1 Å². The Balaban J connectivity index is 0.000000232. The van der Waals surface area contributed by atoms with Crippen LogP contribution in [-0.4, -0.2) is 41.4 Å². The van der Waals surface area contributed by atoms with Crippen molar-refractivity contribution in [3.8, 4) is 22.4 Å². The van der Waals surface area contributed by atoms with Crippen LogP contribution in [0.4, 0.5) is 0 Å². The lowest BCUT2D eigenvalue weighted by Gasteiger charge is -2.07. The van der Waals surface area contributed by atoms with E-state index in [0.29, 0.717) is 0 Å². The Morgan fingerprint density at radius 1 is 0.786 bits per heavy atom. The van der Waals surface area contributed by atoms with Crippen molar-refractivity contribution in [1.82, 2.24) is 30.4 Å². The molecule has 28 heavy (non-hydrogen) atoms. The molecule has 0 aliphatic heterocycles. The first kappa shape index (κ1) is 20.2. The second kappa shape index (κ2) is 11.5. The fourth-order valence-electron chi connectivity index (χ4n) is 2.10. The third kappa shape index (κ3) is 7.04. The first-order valence-electron chi connectivity index (χ1n) is 8.22. The summed E-state index contributed by atoms with van der Waals surface area (Å²) in [5.41, 5.74) is 4.07. The monoisotopic (exact) mass is 374 g/mol. The highest BCUT2D eigenvalue weighted by molar-refractivity contribution is 5.79. The maximum Gasteiger partial charge on any atom is 0.300 e. The minimum atomic E-state index is -0.833. The summed E-state index contributed by atoms with van der Waals surface area (Å²) in [6, 6.07) is 13.6. The average Bonchev–Trinajstić information content (AvgIpc) is 2.76. The number of aliphatic carboxylic acids is 1. The SMILES string of the molecule is CC(=O)O.c1cncc(-c2cccnc2-c2cccnc2)c1.c1cnnnc1. The van der Waals surface area contributed by atoms with Gasteiger partial charge in [0.2, 0.25) is 0 Å². The van der Waals surface area contributed by atoms with Crippen LogP contribution in [0.5, 0.6) is 0 Å². The Bertz CT molecular complexity index is 865. The van der Waals surface area contributed by atoms with Crippen LogP contribution >= 0.6 is 0 Å². The number of carboxylic acids is 1. The Morgan fingerprint density at radius 3 is 1.82 bits per heavy atom. The molecule has 0 saturated heterocycles. The summed E-state index contributed by atoms with van der Waals surface area (Å²) in [5, 5.41) is 17.5. The van der Waals surface area contributed by atoms with Gasteiger partial charge in [-0.05, 0) is 35.5 Å². The normalized spacial score (nSPS) is 9.18. The molecule has 8 heteroatoms. The molecule has 0 aromatic carbocycles. The summed E-state index contributed by atoms with van der Waals surface area (Å²) < 4.78 is 0. The molecule has 0 aliphatic carbocycles. The van der Waals surface area contributed by atoms with Gasteiger partial charge in [0.1, 0.15) is 0 Å².